The molecule has 2 nitrogen and oxygen atoms in total. The van der Waals surface area contributed by atoms with Crippen molar-refractivity contribution in [1.29, 1.82) is 0 Å². The Morgan fingerprint density at radius 2 is 2.04 bits per heavy atom. The quantitative estimate of drug-likeness (QED) is 0.652. The summed E-state index contributed by atoms with van der Waals surface area (Å²) in [7, 11) is 0. The van der Waals surface area contributed by atoms with E-state index in [1.165, 1.54) is 21.0 Å². The molecule has 1 saturated heterocycles. The minimum atomic E-state index is -0.677. The number of hydrogen-bond donors (Lipinski definition) is 0. The average Bonchev–Trinajstić information content (AvgIpc) is 2.96. The lowest BCUT2D eigenvalue weighted by Gasteiger charge is -2.34. The summed E-state index contributed by atoms with van der Waals surface area (Å²) in [4.78, 5) is 7.67. The lowest BCUT2D eigenvalue weighted by Crippen LogP contribution is -2.48. The number of nitrogens with zero attached hydrogens (tertiary/aromatic N) is 2. The fourth-order valence-corrected chi connectivity index (χ4v) is 4.87. The SMILES string of the molecule is C[C@@H](c1ncccc1F)c1c(CCN2CC(F)C2)sc2ccccc12. The third-order valence-electron chi connectivity index (χ3n) is 4.91. The van der Waals surface area contributed by atoms with Crippen molar-refractivity contribution < 1.29 is 8.78 Å². The summed E-state index contributed by atoms with van der Waals surface area (Å²) in [5.74, 6) is -0.378. The number of fused-ring (bicyclic) bond motifs is 1. The van der Waals surface area contributed by atoms with E-state index < -0.39 is 6.17 Å². The average molecular weight is 358 g/mol. The van der Waals surface area contributed by atoms with Gasteiger partial charge in [0.1, 0.15) is 12.0 Å². The van der Waals surface area contributed by atoms with Crippen molar-refractivity contribution >= 4 is 21.4 Å². The van der Waals surface area contributed by atoms with Crippen molar-refractivity contribution in [2.75, 3.05) is 19.6 Å². The number of rotatable bonds is 5. The van der Waals surface area contributed by atoms with Crippen LogP contribution < -0.4 is 0 Å². The second-order valence-corrected chi connectivity index (χ2v) is 7.77. The van der Waals surface area contributed by atoms with Crippen molar-refractivity contribution in [2.24, 2.45) is 0 Å². The van der Waals surface area contributed by atoms with Crippen LogP contribution in [0.15, 0.2) is 42.6 Å². The summed E-state index contributed by atoms with van der Waals surface area (Å²) >= 11 is 1.76. The normalized spacial score (nSPS) is 16.9. The molecule has 130 valence electrons. The van der Waals surface area contributed by atoms with Gasteiger partial charge in [0, 0.05) is 41.3 Å². The zero-order valence-electron chi connectivity index (χ0n) is 14.1. The number of halogens is 2. The summed E-state index contributed by atoms with van der Waals surface area (Å²) in [6, 6.07) is 11.3. The molecule has 0 amide bonds. The molecule has 1 aliphatic rings. The molecule has 0 saturated carbocycles. The second-order valence-electron chi connectivity index (χ2n) is 6.63. The van der Waals surface area contributed by atoms with E-state index in [1.54, 1.807) is 23.6 Å². The van der Waals surface area contributed by atoms with E-state index in [9.17, 15) is 8.78 Å². The molecule has 3 heterocycles. The van der Waals surface area contributed by atoms with Gasteiger partial charge in [-0.15, -0.1) is 11.3 Å². The first-order valence-corrected chi connectivity index (χ1v) is 9.42. The van der Waals surface area contributed by atoms with Gasteiger partial charge in [-0.2, -0.15) is 0 Å². The molecule has 5 heteroatoms. The molecular weight excluding hydrogens is 338 g/mol. The number of likely N-dealkylation sites (tertiary alicyclic amines) is 1. The first kappa shape index (κ1) is 16.6. The Morgan fingerprint density at radius 3 is 2.80 bits per heavy atom. The Hall–Kier alpha value is -1.85. The predicted molar refractivity (Wildman–Crippen MR) is 98.6 cm³/mol. The number of thiophene rings is 1. The van der Waals surface area contributed by atoms with Crippen molar-refractivity contribution in [1.82, 2.24) is 9.88 Å². The molecule has 1 aliphatic heterocycles. The Balaban J connectivity index is 1.70. The van der Waals surface area contributed by atoms with E-state index in [1.807, 2.05) is 19.1 Å². The molecule has 0 aliphatic carbocycles. The Bertz CT molecular complexity index is 886. The van der Waals surface area contributed by atoms with Gasteiger partial charge in [0.15, 0.2) is 0 Å². The van der Waals surface area contributed by atoms with Crippen LogP contribution in [0, 0.1) is 5.82 Å². The molecule has 3 aromatic rings. The van der Waals surface area contributed by atoms with Crippen molar-refractivity contribution in [3.05, 3.63) is 64.5 Å². The summed E-state index contributed by atoms with van der Waals surface area (Å²) in [6.07, 6.45) is 1.83. The lowest BCUT2D eigenvalue weighted by atomic mass is 9.93. The molecule has 1 fully saturated rings. The van der Waals surface area contributed by atoms with Gasteiger partial charge in [0.25, 0.3) is 0 Å². The van der Waals surface area contributed by atoms with E-state index in [2.05, 4.69) is 22.0 Å². The van der Waals surface area contributed by atoms with Gasteiger partial charge < -0.3 is 0 Å². The zero-order valence-corrected chi connectivity index (χ0v) is 14.9. The summed E-state index contributed by atoms with van der Waals surface area (Å²) in [6.45, 7) is 3.93. The zero-order chi connectivity index (χ0) is 17.4. The molecule has 0 unspecified atom stereocenters. The number of hydrogen-bond acceptors (Lipinski definition) is 3. The van der Waals surface area contributed by atoms with E-state index in [0.29, 0.717) is 18.8 Å². The van der Waals surface area contributed by atoms with Crippen LogP contribution >= 0.6 is 11.3 Å². The van der Waals surface area contributed by atoms with Gasteiger partial charge in [-0.3, -0.25) is 9.88 Å². The Kier molecular flexibility index (Phi) is 4.52. The second kappa shape index (κ2) is 6.81. The highest BCUT2D eigenvalue weighted by molar-refractivity contribution is 7.19. The maximum Gasteiger partial charge on any atom is 0.145 e. The van der Waals surface area contributed by atoms with Gasteiger partial charge in [-0.05, 0) is 35.6 Å². The van der Waals surface area contributed by atoms with Crippen LogP contribution in [-0.4, -0.2) is 35.7 Å². The van der Waals surface area contributed by atoms with Crippen LogP contribution in [0.5, 0.6) is 0 Å². The first-order chi connectivity index (χ1) is 12.1. The Morgan fingerprint density at radius 1 is 1.24 bits per heavy atom. The lowest BCUT2D eigenvalue weighted by molar-refractivity contribution is 0.0672. The standard InChI is InChI=1S/C20H20F2N2S/c1-13(20-16(22)6-4-9-23-20)19-15-5-2-3-7-17(15)25-18(19)8-10-24-11-14(21)12-24/h2-7,9,13-14H,8,10-12H2,1H3/t13-/m1/s1. The van der Waals surface area contributed by atoms with E-state index in [-0.39, 0.29) is 11.7 Å². The van der Waals surface area contributed by atoms with Crippen LogP contribution in [-0.2, 0) is 6.42 Å². The highest BCUT2D eigenvalue weighted by Crippen LogP contribution is 2.39. The van der Waals surface area contributed by atoms with Gasteiger partial charge >= 0.3 is 0 Å². The molecule has 0 N–H and O–H groups in total. The molecule has 1 atom stereocenters. The first-order valence-electron chi connectivity index (χ1n) is 8.60. The molecule has 0 radical (unpaired) electrons. The van der Waals surface area contributed by atoms with Crippen molar-refractivity contribution in [3.8, 4) is 0 Å². The predicted octanol–water partition coefficient (Wildman–Crippen LogP) is 4.78. The number of benzene rings is 1. The number of pyridine rings is 1. The molecule has 0 spiro atoms. The van der Waals surface area contributed by atoms with E-state index in [0.717, 1.165) is 18.5 Å². The van der Waals surface area contributed by atoms with Gasteiger partial charge in [-0.1, -0.05) is 25.1 Å². The van der Waals surface area contributed by atoms with E-state index >= 15 is 0 Å². The summed E-state index contributed by atoms with van der Waals surface area (Å²) < 4.78 is 28.5. The highest BCUT2D eigenvalue weighted by atomic mass is 32.1. The molecule has 1 aromatic carbocycles. The largest absolute Gasteiger partial charge is 0.297 e. The molecule has 25 heavy (non-hydrogen) atoms. The van der Waals surface area contributed by atoms with Gasteiger partial charge in [0.05, 0.1) is 5.69 Å². The molecule has 4 rings (SSSR count). The van der Waals surface area contributed by atoms with Crippen LogP contribution in [0.1, 0.15) is 29.0 Å². The Labute approximate surface area is 150 Å². The fourth-order valence-electron chi connectivity index (χ4n) is 3.58. The molecule has 0 bridgehead atoms. The summed E-state index contributed by atoms with van der Waals surface area (Å²) in [5, 5.41) is 1.17. The number of aromatic nitrogens is 1. The van der Waals surface area contributed by atoms with Crippen LogP contribution in [0.2, 0.25) is 0 Å². The number of alkyl halides is 1. The van der Waals surface area contributed by atoms with Crippen LogP contribution in [0.25, 0.3) is 10.1 Å². The third-order valence-corrected chi connectivity index (χ3v) is 6.15. The maximum atomic E-state index is 14.3. The summed E-state index contributed by atoms with van der Waals surface area (Å²) in [5.41, 5.74) is 1.65. The minimum absolute atomic E-state index is 0.113. The van der Waals surface area contributed by atoms with Crippen molar-refractivity contribution in [3.63, 3.8) is 0 Å². The van der Waals surface area contributed by atoms with Gasteiger partial charge in [-0.25, -0.2) is 8.78 Å². The highest BCUT2D eigenvalue weighted by Gasteiger charge is 2.27. The maximum absolute atomic E-state index is 14.3. The minimum Gasteiger partial charge on any atom is -0.297 e. The van der Waals surface area contributed by atoms with Crippen LogP contribution in [0.3, 0.4) is 0 Å². The smallest absolute Gasteiger partial charge is 0.145 e. The molecule has 2 aromatic heterocycles. The van der Waals surface area contributed by atoms with Crippen LogP contribution in [0.4, 0.5) is 8.78 Å². The third kappa shape index (κ3) is 3.18. The van der Waals surface area contributed by atoms with Gasteiger partial charge in [0.2, 0.25) is 0 Å². The molecular formula is C20H20F2N2S. The topological polar surface area (TPSA) is 16.1 Å². The fraction of sp³-hybridized carbons (Fsp3) is 0.350. The van der Waals surface area contributed by atoms with Crippen molar-refractivity contribution in [2.45, 2.75) is 25.4 Å². The van der Waals surface area contributed by atoms with E-state index in [4.69, 9.17) is 0 Å². The monoisotopic (exact) mass is 358 g/mol.